The van der Waals surface area contributed by atoms with Gasteiger partial charge in [-0.2, -0.15) is 5.10 Å². The van der Waals surface area contributed by atoms with Crippen LogP contribution < -0.4 is 0 Å². The molecule has 0 amide bonds. The van der Waals surface area contributed by atoms with Crippen molar-refractivity contribution in [3.8, 4) is 0 Å². The number of aliphatic hydroxyl groups excluding tert-OH is 1. The smallest absolute Gasteiger partial charge is 0.0972 e. The fourth-order valence-corrected chi connectivity index (χ4v) is 3.72. The molecule has 5 nitrogen and oxygen atoms in total. The summed E-state index contributed by atoms with van der Waals surface area (Å²) in [6.45, 7) is 6.18. The zero-order valence-corrected chi connectivity index (χ0v) is 14.5. The molecule has 0 spiro atoms. The van der Waals surface area contributed by atoms with E-state index in [-0.39, 0.29) is 5.92 Å². The highest BCUT2D eigenvalue weighted by atomic mass is 79.9. The molecule has 2 rings (SSSR count). The van der Waals surface area contributed by atoms with Crippen molar-refractivity contribution in [2.24, 2.45) is 7.05 Å². The summed E-state index contributed by atoms with van der Waals surface area (Å²) < 4.78 is 6.79. The lowest BCUT2D eigenvalue weighted by Crippen LogP contribution is -2.08. The van der Waals surface area contributed by atoms with Crippen molar-refractivity contribution in [2.75, 3.05) is 0 Å². The fourth-order valence-electron chi connectivity index (χ4n) is 2.15. The van der Waals surface area contributed by atoms with Crippen LogP contribution in [0.3, 0.4) is 0 Å². The molecule has 0 aliphatic carbocycles. The van der Waals surface area contributed by atoms with Crippen molar-refractivity contribution in [1.29, 1.82) is 0 Å². The molecular formula is C13H19BrN4OS. The van der Waals surface area contributed by atoms with Crippen LogP contribution >= 0.6 is 27.5 Å². The average Bonchev–Trinajstić information content (AvgIpc) is 2.98. The lowest BCUT2D eigenvalue weighted by Gasteiger charge is -2.12. The second kappa shape index (κ2) is 6.32. The van der Waals surface area contributed by atoms with Crippen LogP contribution in [0.15, 0.2) is 4.47 Å². The van der Waals surface area contributed by atoms with Crippen LogP contribution in [0.1, 0.15) is 54.8 Å². The Morgan fingerprint density at radius 2 is 2.10 bits per heavy atom. The summed E-state index contributed by atoms with van der Waals surface area (Å²) in [5, 5.41) is 19.1. The lowest BCUT2D eigenvalue weighted by molar-refractivity contribution is 0.177. The first-order valence-electron chi connectivity index (χ1n) is 6.66. The maximum Gasteiger partial charge on any atom is 0.0972 e. The molecule has 2 aromatic rings. The van der Waals surface area contributed by atoms with Crippen LogP contribution in [-0.2, 0) is 19.9 Å². The van der Waals surface area contributed by atoms with Crippen molar-refractivity contribution in [3.63, 3.8) is 0 Å². The Morgan fingerprint density at radius 1 is 1.40 bits per heavy atom. The highest BCUT2D eigenvalue weighted by Crippen LogP contribution is 2.31. The highest BCUT2D eigenvalue weighted by Gasteiger charge is 2.23. The fraction of sp³-hybridized carbons (Fsp3) is 0.615. The van der Waals surface area contributed by atoms with E-state index >= 15 is 0 Å². The minimum Gasteiger partial charge on any atom is -0.387 e. The van der Waals surface area contributed by atoms with Crippen LogP contribution in [-0.4, -0.2) is 24.5 Å². The molecule has 0 aliphatic rings. The SMILES string of the molecule is CCc1nn(C)c(CC(O)c2snnc2C(C)C)c1Br. The second-order valence-electron chi connectivity index (χ2n) is 5.08. The minimum atomic E-state index is -0.594. The van der Waals surface area contributed by atoms with Gasteiger partial charge in [0.25, 0.3) is 0 Å². The molecule has 0 radical (unpaired) electrons. The predicted molar refractivity (Wildman–Crippen MR) is 82.9 cm³/mol. The number of hydrogen-bond donors (Lipinski definition) is 1. The number of rotatable bonds is 5. The molecule has 7 heteroatoms. The zero-order chi connectivity index (χ0) is 14.9. The standard InChI is InChI=1S/C13H19BrN4OS/c1-5-8-11(14)9(18(4)16-8)6-10(19)13-12(7(2)3)15-17-20-13/h7,10,19H,5-6H2,1-4H3. The molecule has 0 saturated heterocycles. The van der Waals surface area contributed by atoms with Crippen LogP contribution in [0.5, 0.6) is 0 Å². The molecule has 1 atom stereocenters. The number of nitrogens with zero attached hydrogens (tertiary/aromatic N) is 4. The minimum absolute atomic E-state index is 0.264. The summed E-state index contributed by atoms with van der Waals surface area (Å²) in [5.74, 6) is 0.264. The number of aliphatic hydroxyl groups is 1. The lowest BCUT2D eigenvalue weighted by atomic mass is 10.0. The first-order valence-corrected chi connectivity index (χ1v) is 8.22. The molecule has 1 unspecified atom stereocenters. The molecule has 0 aromatic carbocycles. The van der Waals surface area contributed by atoms with E-state index in [1.807, 2.05) is 11.7 Å². The molecule has 1 N–H and O–H groups in total. The first-order chi connectivity index (χ1) is 9.45. The molecule has 110 valence electrons. The molecule has 20 heavy (non-hydrogen) atoms. The number of hydrogen-bond acceptors (Lipinski definition) is 5. The van der Waals surface area contributed by atoms with Crippen molar-refractivity contribution in [1.82, 2.24) is 19.4 Å². The number of aromatic nitrogens is 4. The van der Waals surface area contributed by atoms with E-state index in [1.165, 1.54) is 11.5 Å². The van der Waals surface area contributed by atoms with E-state index in [2.05, 4.69) is 51.4 Å². The van der Waals surface area contributed by atoms with Gasteiger partial charge in [0, 0.05) is 13.5 Å². The number of halogens is 1. The van der Waals surface area contributed by atoms with Gasteiger partial charge in [0.15, 0.2) is 0 Å². The third-order valence-electron chi connectivity index (χ3n) is 3.28. The first kappa shape index (κ1) is 15.6. The van der Waals surface area contributed by atoms with E-state index in [9.17, 15) is 5.11 Å². The van der Waals surface area contributed by atoms with E-state index < -0.39 is 6.10 Å². The van der Waals surface area contributed by atoms with Crippen molar-refractivity contribution < 1.29 is 5.11 Å². The van der Waals surface area contributed by atoms with E-state index in [0.717, 1.165) is 32.9 Å². The van der Waals surface area contributed by atoms with Gasteiger partial charge >= 0.3 is 0 Å². The number of aryl methyl sites for hydroxylation is 2. The quantitative estimate of drug-likeness (QED) is 0.892. The summed E-state index contributed by atoms with van der Waals surface area (Å²) in [7, 11) is 1.90. The van der Waals surface area contributed by atoms with Gasteiger partial charge in [0.05, 0.1) is 32.5 Å². The monoisotopic (exact) mass is 358 g/mol. The van der Waals surface area contributed by atoms with Crippen molar-refractivity contribution in [3.05, 3.63) is 26.4 Å². The van der Waals surface area contributed by atoms with Gasteiger partial charge in [-0.1, -0.05) is 25.3 Å². The Hall–Kier alpha value is -0.790. The van der Waals surface area contributed by atoms with Gasteiger partial charge < -0.3 is 5.11 Å². The van der Waals surface area contributed by atoms with Gasteiger partial charge in [0.2, 0.25) is 0 Å². The molecular weight excluding hydrogens is 340 g/mol. The third kappa shape index (κ3) is 2.94. The topological polar surface area (TPSA) is 63.8 Å². The zero-order valence-electron chi connectivity index (χ0n) is 12.1. The summed E-state index contributed by atoms with van der Waals surface area (Å²) in [6, 6.07) is 0. The van der Waals surface area contributed by atoms with Gasteiger partial charge in [-0.3, -0.25) is 4.68 Å². The molecule has 0 fully saturated rings. The Labute approximate surface area is 131 Å². The van der Waals surface area contributed by atoms with Crippen molar-refractivity contribution in [2.45, 2.75) is 45.6 Å². The van der Waals surface area contributed by atoms with E-state index in [1.54, 1.807) is 0 Å². The summed E-state index contributed by atoms with van der Waals surface area (Å²) in [5.41, 5.74) is 2.90. The molecule has 0 bridgehead atoms. The third-order valence-corrected chi connectivity index (χ3v) is 5.04. The Kier molecular flexibility index (Phi) is 4.93. The largest absolute Gasteiger partial charge is 0.387 e. The summed E-state index contributed by atoms with van der Waals surface area (Å²) in [4.78, 5) is 0.853. The molecule has 0 aliphatic heterocycles. The Bertz CT molecular complexity index is 593. The van der Waals surface area contributed by atoms with Crippen LogP contribution in [0.25, 0.3) is 0 Å². The van der Waals surface area contributed by atoms with E-state index in [4.69, 9.17) is 0 Å². The van der Waals surface area contributed by atoms with E-state index in [0.29, 0.717) is 6.42 Å². The van der Waals surface area contributed by atoms with Crippen LogP contribution in [0, 0.1) is 0 Å². The van der Waals surface area contributed by atoms with Crippen LogP contribution in [0.4, 0.5) is 0 Å². The molecule has 0 saturated carbocycles. The predicted octanol–water partition coefficient (Wildman–Crippen LogP) is 3.00. The molecule has 2 heterocycles. The average molecular weight is 359 g/mol. The van der Waals surface area contributed by atoms with Crippen LogP contribution in [0.2, 0.25) is 0 Å². The second-order valence-corrected chi connectivity index (χ2v) is 6.66. The summed E-state index contributed by atoms with van der Waals surface area (Å²) in [6.07, 6.45) is 0.779. The van der Waals surface area contributed by atoms with Gasteiger partial charge in [-0.25, -0.2) is 0 Å². The van der Waals surface area contributed by atoms with Gasteiger partial charge in [-0.05, 0) is 39.8 Å². The molecule has 2 aromatic heterocycles. The van der Waals surface area contributed by atoms with Gasteiger partial charge in [-0.15, -0.1) is 5.10 Å². The maximum atomic E-state index is 10.5. The summed E-state index contributed by atoms with van der Waals surface area (Å²) >= 11 is 4.85. The highest BCUT2D eigenvalue weighted by molar-refractivity contribution is 9.10. The Morgan fingerprint density at radius 3 is 2.65 bits per heavy atom. The normalized spacial score (nSPS) is 13.2. The van der Waals surface area contributed by atoms with Gasteiger partial charge in [0.1, 0.15) is 0 Å². The Balaban J connectivity index is 2.26. The van der Waals surface area contributed by atoms with Crippen molar-refractivity contribution >= 4 is 27.5 Å². The maximum absolute atomic E-state index is 10.5.